The Kier molecular flexibility index (Phi) is 2.90. The highest BCUT2D eigenvalue weighted by atomic mass is 16.5. The summed E-state index contributed by atoms with van der Waals surface area (Å²) < 4.78 is 6.83. The van der Waals surface area contributed by atoms with Crippen molar-refractivity contribution in [1.29, 1.82) is 0 Å². The summed E-state index contributed by atoms with van der Waals surface area (Å²) in [5, 5.41) is 7.83. The third-order valence-corrected chi connectivity index (χ3v) is 3.10. The number of aromatic nitrogens is 3. The van der Waals surface area contributed by atoms with Crippen LogP contribution < -0.4 is 0 Å². The van der Waals surface area contributed by atoms with Crippen LogP contribution >= 0.6 is 0 Å². The van der Waals surface area contributed by atoms with Gasteiger partial charge in [0.2, 0.25) is 0 Å². The van der Waals surface area contributed by atoms with E-state index in [0.29, 0.717) is 18.9 Å². The molecule has 1 aliphatic heterocycles. The standard InChI is InChI=1S/C13H13N3O2/c17-13(10-6-7-18-9-10)12-8-14-15-16(12)11-4-2-1-3-5-11/h1-5,8,10H,6-7,9H2. The van der Waals surface area contributed by atoms with Gasteiger partial charge in [0.05, 0.1) is 18.5 Å². The van der Waals surface area contributed by atoms with Gasteiger partial charge in [-0.25, -0.2) is 4.68 Å². The van der Waals surface area contributed by atoms with Gasteiger partial charge in [0.25, 0.3) is 0 Å². The van der Waals surface area contributed by atoms with E-state index in [2.05, 4.69) is 10.3 Å². The van der Waals surface area contributed by atoms with Crippen LogP contribution in [-0.4, -0.2) is 34.0 Å². The van der Waals surface area contributed by atoms with E-state index in [1.165, 1.54) is 6.20 Å². The van der Waals surface area contributed by atoms with Gasteiger partial charge in [0, 0.05) is 12.5 Å². The van der Waals surface area contributed by atoms with Gasteiger partial charge >= 0.3 is 0 Å². The number of nitrogens with zero attached hydrogens (tertiary/aromatic N) is 3. The SMILES string of the molecule is O=C(c1cnnn1-c1ccccc1)C1CCOC1. The molecule has 1 unspecified atom stereocenters. The normalized spacial score (nSPS) is 19.0. The first kappa shape index (κ1) is 11.1. The van der Waals surface area contributed by atoms with Gasteiger partial charge < -0.3 is 4.74 Å². The Balaban J connectivity index is 1.94. The Morgan fingerprint density at radius 3 is 2.89 bits per heavy atom. The summed E-state index contributed by atoms with van der Waals surface area (Å²) in [6.45, 7) is 1.15. The minimum atomic E-state index is -0.0639. The molecule has 2 heterocycles. The fourth-order valence-corrected chi connectivity index (χ4v) is 2.11. The largest absolute Gasteiger partial charge is 0.381 e. The summed E-state index contributed by atoms with van der Waals surface area (Å²) in [5.41, 5.74) is 1.37. The molecule has 0 radical (unpaired) electrons. The lowest BCUT2D eigenvalue weighted by atomic mass is 10.0. The number of para-hydroxylation sites is 1. The summed E-state index contributed by atoms with van der Waals surface area (Å²) in [6, 6.07) is 9.54. The van der Waals surface area contributed by atoms with Crippen LogP contribution in [0.2, 0.25) is 0 Å². The molecule has 5 nitrogen and oxygen atoms in total. The maximum absolute atomic E-state index is 12.3. The van der Waals surface area contributed by atoms with E-state index in [-0.39, 0.29) is 11.7 Å². The minimum absolute atomic E-state index is 0.0568. The van der Waals surface area contributed by atoms with E-state index in [4.69, 9.17) is 4.74 Å². The molecular formula is C13H13N3O2. The lowest BCUT2D eigenvalue weighted by molar-refractivity contribution is 0.0892. The number of Topliss-reactive ketones (excluding diaryl/α,β-unsaturated/α-hetero) is 1. The van der Waals surface area contributed by atoms with Crippen molar-refractivity contribution in [1.82, 2.24) is 15.0 Å². The highest BCUT2D eigenvalue weighted by Gasteiger charge is 2.27. The van der Waals surface area contributed by atoms with Crippen LogP contribution in [0.5, 0.6) is 0 Å². The molecule has 18 heavy (non-hydrogen) atoms. The van der Waals surface area contributed by atoms with E-state index in [1.54, 1.807) is 4.68 Å². The van der Waals surface area contributed by atoms with Gasteiger partial charge in [-0.1, -0.05) is 23.4 Å². The summed E-state index contributed by atoms with van der Waals surface area (Å²) in [4.78, 5) is 12.3. The quantitative estimate of drug-likeness (QED) is 0.766. The molecule has 1 fully saturated rings. The molecule has 0 spiro atoms. The Hall–Kier alpha value is -2.01. The second kappa shape index (κ2) is 4.70. The number of hydrogen-bond donors (Lipinski definition) is 0. The van der Waals surface area contributed by atoms with Crippen LogP contribution in [0.25, 0.3) is 5.69 Å². The van der Waals surface area contributed by atoms with Crippen LogP contribution in [0.4, 0.5) is 0 Å². The Bertz CT molecular complexity index is 544. The number of carbonyl (C=O) groups is 1. The molecule has 0 amide bonds. The van der Waals surface area contributed by atoms with Crippen molar-refractivity contribution >= 4 is 5.78 Å². The zero-order valence-electron chi connectivity index (χ0n) is 9.82. The molecule has 2 aromatic rings. The van der Waals surface area contributed by atoms with E-state index < -0.39 is 0 Å². The van der Waals surface area contributed by atoms with Gasteiger partial charge in [-0.2, -0.15) is 0 Å². The van der Waals surface area contributed by atoms with Crippen molar-refractivity contribution in [2.45, 2.75) is 6.42 Å². The van der Waals surface area contributed by atoms with Crippen LogP contribution in [0, 0.1) is 5.92 Å². The Morgan fingerprint density at radius 2 is 2.17 bits per heavy atom. The molecule has 1 aliphatic rings. The fourth-order valence-electron chi connectivity index (χ4n) is 2.11. The molecule has 0 aliphatic carbocycles. The van der Waals surface area contributed by atoms with Crippen LogP contribution in [0.15, 0.2) is 36.5 Å². The van der Waals surface area contributed by atoms with Crippen molar-refractivity contribution < 1.29 is 9.53 Å². The average Bonchev–Trinajstić information content (AvgIpc) is 3.10. The van der Waals surface area contributed by atoms with Crippen molar-refractivity contribution in [3.8, 4) is 5.69 Å². The summed E-state index contributed by atoms with van der Waals surface area (Å²) >= 11 is 0. The molecule has 92 valence electrons. The van der Waals surface area contributed by atoms with Crippen LogP contribution in [0.3, 0.4) is 0 Å². The second-order valence-electron chi connectivity index (χ2n) is 4.29. The smallest absolute Gasteiger partial charge is 0.188 e. The Morgan fingerprint density at radius 1 is 1.33 bits per heavy atom. The van der Waals surface area contributed by atoms with Crippen molar-refractivity contribution in [2.24, 2.45) is 5.92 Å². The van der Waals surface area contributed by atoms with Gasteiger partial charge in [-0.05, 0) is 18.6 Å². The van der Waals surface area contributed by atoms with Crippen molar-refractivity contribution in [3.63, 3.8) is 0 Å². The first-order chi connectivity index (χ1) is 8.86. The third-order valence-electron chi connectivity index (χ3n) is 3.10. The first-order valence-corrected chi connectivity index (χ1v) is 5.94. The zero-order chi connectivity index (χ0) is 12.4. The summed E-state index contributed by atoms with van der Waals surface area (Å²) in [7, 11) is 0. The maximum Gasteiger partial charge on any atom is 0.188 e. The monoisotopic (exact) mass is 243 g/mol. The molecule has 0 bridgehead atoms. The average molecular weight is 243 g/mol. The third kappa shape index (κ3) is 1.93. The number of benzene rings is 1. The number of rotatable bonds is 3. The lowest BCUT2D eigenvalue weighted by Gasteiger charge is -2.08. The number of carbonyl (C=O) groups excluding carboxylic acids is 1. The molecule has 3 rings (SSSR count). The van der Waals surface area contributed by atoms with Crippen LogP contribution in [0.1, 0.15) is 16.9 Å². The maximum atomic E-state index is 12.3. The van der Waals surface area contributed by atoms with Crippen molar-refractivity contribution in [2.75, 3.05) is 13.2 Å². The van der Waals surface area contributed by atoms with Crippen molar-refractivity contribution in [3.05, 3.63) is 42.2 Å². The number of ketones is 1. The first-order valence-electron chi connectivity index (χ1n) is 5.94. The van der Waals surface area contributed by atoms with Gasteiger partial charge in [0.1, 0.15) is 5.69 Å². The highest BCUT2D eigenvalue weighted by molar-refractivity contribution is 5.96. The number of hydrogen-bond acceptors (Lipinski definition) is 4. The minimum Gasteiger partial charge on any atom is -0.381 e. The molecule has 5 heteroatoms. The lowest BCUT2D eigenvalue weighted by Crippen LogP contribution is -2.18. The van der Waals surface area contributed by atoms with E-state index in [0.717, 1.165) is 12.1 Å². The summed E-state index contributed by atoms with van der Waals surface area (Å²) in [6.07, 6.45) is 2.30. The molecule has 0 N–H and O–H groups in total. The van der Waals surface area contributed by atoms with E-state index in [1.807, 2.05) is 30.3 Å². The molecule has 1 saturated heterocycles. The fraction of sp³-hybridized carbons (Fsp3) is 0.308. The summed E-state index contributed by atoms with van der Waals surface area (Å²) in [5.74, 6) is -0.00712. The molecule has 1 aromatic carbocycles. The molecule has 1 aromatic heterocycles. The molecule has 1 atom stereocenters. The molecular weight excluding hydrogens is 230 g/mol. The van der Waals surface area contributed by atoms with Gasteiger partial charge in [-0.15, -0.1) is 5.10 Å². The molecule has 0 saturated carbocycles. The van der Waals surface area contributed by atoms with Crippen LogP contribution in [-0.2, 0) is 4.74 Å². The topological polar surface area (TPSA) is 57.0 Å². The Labute approximate surface area is 104 Å². The predicted molar refractivity (Wildman–Crippen MR) is 64.6 cm³/mol. The highest BCUT2D eigenvalue weighted by Crippen LogP contribution is 2.19. The zero-order valence-corrected chi connectivity index (χ0v) is 9.82. The predicted octanol–water partition coefficient (Wildman–Crippen LogP) is 1.49. The van der Waals surface area contributed by atoms with Gasteiger partial charge in [-0.3, -0.25) is 4.79 Å². The van der Waals surface area contributed by atoms with Gasteiger partial charge in [0.15, 0.2) is 5.78 Å². The number of ether oxygens (including phenoxy) is 1. The van der Waals surface area contributed by atoms with E-state index in [9.17, 15) is 4.79 Å². The second-order valence-corrected chi connectivity index (χ2v) is 4.29. The van der Waals surface area contributed by atoms with E-state index >= 15 is 0 Å².